The fraction of sp³-hybridized carbons (Fsp3) is 0.571. The van der Waals surface area contributed by atoms with Gasteiger partial charge < -0.3 is 10.1 Å². The number of benzene rings is 1. The van der Waals surface area contributed by atoms with E-state index in [0.29, 0.717) is 12.2 Å². The highest BCUT2D eigenvalue weighted by Gasteiger charge is 2.38. The van der Waals surface area contributed by atoms with E-state index in [1.165, 1.54) is 6.07 Å². The topological polar surface area (TPSA) is 24.5 Å². The SMILES string of the molecule is FC(F)(F)c1cccc2c1OCCC2N1CCNCC1. The maximum Gasteiger partial charge on any atom is 0.419 e. The molecular formula is C14H17F3N2O. The van der Waals surface area contributed by atoms with Crippen molar-refractivity contribution in [3.05, 3.63) is 29.3 Å². The first kappa shape index (κ1) is 13.7. The van der Waals surface area contributed by atoms with Crippen LogP contribution < -0.4 is 10.1 Å². The molecule has 1 fully saturated rings. The van der Waals surface area contributed by atoms with E-state index < -0.39 is 11.7 Å². The fourth-order valence-corrected chi connectivity index (χ4v) is 3.00. The number of hydrogen-bond donors (Lipinski definition) is 1. The zero-order valence-electron chi connectivity index (χ0n) is 11.0. The lowest BCUT2D eigenvalue weighted by atomic mass is 9.95. The van der Waals surface area contributed by atoms with Crippen molar-refractivity contribution in [2.24, 2.45) is 0 Å². The van der Waals surface area contributed by atoms with Crippen molar-refractivity contribution < 1.29 is 17.9 Å². The van der Waals surface area contributed by atoms with Gasteiger partial charge in [-0.2, -0.15) is 13.2 Å². The summed E-state index contributed by atoms with van der Waals surface area (Å²) in [5.74, 6) is 0.0229. The quantitative estimate of drug-likeness (QED) is 0.858. The summed E-state index contributed by atoms with van der Waals surface area (Å²) in [5, 5.41) is 3.26. The van der Waals surface area contributed by atoms with Crippen LogP contribution in [0.1, 0.15) is 23.6 Å². The molecule has 1 aromatic rings. The minimum Gasteiger partial charge on any atom is -0.493 e. The van der Waals surface area contributed by atoms with Crippen LogP contribution in [0.15, 0.2) is 18.2 Å². The highest BCUT2D eigenvalue weighted by molar-refractivity contribution is 5.46. The summed E-state index contributed by atoms with van der Waals surface area (Å²) in [6.07, 6.45) is -3.62. The van der Waals surface area contributed by atoms with Gasteiger partial charge in [0.05, 0.1) is 12.2 Å². The Morgan fingerprint density at radius 3 is 2.65 bits per heavy atom. The molecule has 0 aromatic heterocycles. The lowest BCUT2D eigenvalue weighted by Gasteiger charge is -2.38. The van der Waals surface area contributed by atoms with Gasteiger partial charge in [0.1, 0.15) is 5.75 Å². The van der Waals surface area contributed by atoms with Crippen molar-refractivity contribution in [3.63, 3.8) is 0 Å². The van der Waals surface area contributed by atoms with Crippen LogP contribution in [0.3, 0.4) is 0 Å². The number of piperazine rings is 1. The van der Waals surface area contributed by atoms with Crippen molar-refractivity contribution in [2.75, 3.05) is 32.8 Å². The van der Waals surface area contributed by atoms with Crippen LogP contribution in [0.4, 0.5) is 13.2 Å². The zero-order valence-corrected chi connectivity index (χ0v) is 11.0. The van der Waals surface area contributed by atoms with E-state index in [4.69, 9.17) is 4.74 Å². The number of hydrogen-bond acceptors (Lipinski definition) is 3. The van der Waals surface area contributed by atoms with Crippen molar-refractivity contribution >= 4 is 0 Å². The summed E-state index contributed by atoms with van der Waals surface area (Å²) >= 11 is 0. The summed E-state index contributed by atoms with van der Waals surface area (Å²) in [6, 6.07) is 4.36. The molecule has 110 valence electrons. The van der Waals surface area contributed by atoms with Crippen LogP contribution in [0.2, 0.25) is 0 Å². The van der Waals surface area contributed by atoms with Crippen molar-refractivity contribution in [1.29, 1.82) is 0 Å². The molecule has 1 saturated heterocycles. The minimum absolute atomic E-state index is 0.0229. The van der Waals surface area contributed by atoms with Gasteiger partial charge in [0.15, 0.2) is 0 Å². The number of alkyl halides is 3. The Morgan fingerprint density at radius 2 is 1.95 bits per heavy atom. The van der Waals surface area contributed by atoms with E-state index in [0.717, 1.165) is 38.7 Å². The number of nitrogens with zero attached hydrogens (tertiary/aromatic N) is 1. The molecule has 0 aliphatic carbocycles. The molecule has 6 heteroatoms. The molecule has 3 nitrogen and oxygen atoms in total. The monoisotopic (exact) mass is 286 g/mol. The van der Waals surface area contributed by atoms with Crippen molar-refractivity contribution in [2.45, 2.75) is 18.6 Å². The number of ether oxygens (including phenoxy) is 1. The van der Waals surface area contributed by atoms with Crippen molar-refractivity contribution in [3.8, 4) is 5.75 Å². The summed E-state index contributed by atoms with van der Waals surface area (Å²) in [4.78, 5) is 2.25. The third-order valence-corrected chi connectivity index (χ3v) is 3.94. The second-order valence-electron chi connectivity index (χ2n) is 5.16. The van der Waals surface area contributed by atoms with Crippen LogP contribution in [-0.4, -0.2) is 37.7 Å². The molecule has 1 N–H and O–H groups in total. The Bertz CT molecular complexity index is 484. The van der Waals surface area contributed by atoms with E-state index in [-0.39, 0.29) is 11.8 Å². The highest BCUT2D eigenvalue weighted by atomic mass is 19.4. The maximum absolute atomic E-state index is 13.0. The summed E-state index contributed by atoms with van der Waals surface area (Å²) < 4.78 is 44.5. The van der Waals surface area contributed by atoms with Gasteiger partial charge in [0, 0.05) is 44.2 Å². The first-order chi connectivity index (χ1) is 9.57. The fourth-order valence-electron chi connectivity index (χ4n) is 3.00. The van der Waals surface area contributed by atoms with Gasteiger partial charge in [-0.25, -0.2) is 0 Å². The Balaban J connectivity index is 1.96. The maximum atomic E-state index is 13.0. The lowest BCUT2D eigenvalue weighted by molar-refractivity contribution is -0.139. The molecule has 2 aliphatic heterocycles. The Kier molecular flexibility index (Phi) is 3.60. The lowest BCUT2D eigenvalue weighted by Crippen LogP contribution is -2.46. The van der Waals surface area contributed by atoms with Crippen LogP contribution >= 0.6 is 0 Å². The third-order valence-electron chi connectivity index (χ3n) is 3.94. The van der Waals surface area contributed by atoms with Gasteiger partial charge in [0.25, 0.3) is 0 Å². The van der Waals surface area contributed by atoms with E-state index in [9.17, 15) is 13.2 Å². The number of para-hydroxylation sites is 1. The third kappa shape index (κ3) is 2.50. The predicted molar refractivity (Wildman–Crippen MR) is 68.7 cm³/mol. The first-order valence-electron chi connectivity index (χ1n) is 6.85. The van der Waals surface area contributed by atoms with Crippen LogP contribution in [0, 0.1) is 0 Å². The van der Waals surface area contributed by atoms with Gasteiger partial charge in [0.2, 0.25) is 0 Å². The average Bonchev–Trinajstić information content (AvgIpc) is 2.46. The van der Waals surface area contributed by atoms with Crippen LogP contribution in [0.25, 0.3) is 0 Å². The molecule has 0 amide bonds. The van der Waals surface area contributed by atoms with Gasteiger partial charge in [-0.15, -0.1) is 0 Å². The van der Waals surface area contributed by atoms with Gasteiger partial charge in [-0.05, 0) is 6.07 Å². The Hall–Kier alpha value is -1.27. The van der Waals surface area contributed by atoms with E-state index in [1.807, 2.05) is 0 Å². The zero-order chi connectivity index (χ0) is 14.2. The van der Waals surface area contributed by atoms with Gasteiger partial charge >= 0.3 is 6.18 Å². The molecule has 20 heavy (non-hydrogen) atoms. The molecule has 0 spiro atoms. The molecule has 0 bridgehead atoms. The molecule has 1 unspecified atom stereocenters. The molecular weight excluding hydrogens is 269 g/mol. The van der Waals surface area contributed by atoms with Crippen molar-refractivity contribution in [1.82, 2.24) is 10.2 Å². The standard InChI is InChI=1S/C14H17F3N2O/c15-14(16,17)11-3-1-2-10-12(4-9-20-13(10)11)19-7-5-18-6-8-19/h1-3,12,18H,4-9H2. The van der Waals surface area contributed by atoms with E-state index >= 15 is 0 Å². The minimum atomic E-state index is -4.36. The molecule has 2 aliphatic rings. The molecule has 3 rings (SSSR count). The van der Waals surface area contributed by atoms with E-state index in [2.05, 4.69) is 10.2 Å². The van der Waals surface area contributed by atoms with Crippen LogP contribution in [0.5, 0.6) is 5.75 Å². The molecule has 0 radical (unpaired) electrons. The molecule has 2 heterocycles. The number of fused-ring (bicyclic) bond motifs is 1. The second-order valence-corrected chi connectivity index (χ2v) is 5.16. The van der Waals surface area contributed by atoms with E-state index in [1.54, 1.807) is 6.07 Å². The van der Waals surface area contributed by atoms with Crippen LogP contribution in [-0.2, 0) is 6.18 Å². The molecule has 1 atom stereocenters. The summed E-state index contributed by atoms with van der Waals surface area (Å²) in [5.41, 5.74) is 0.0165. The summed E-state index contributed by atoms with van der Waals surface area (Å²) in [7, 11) is 0. The smallest absolute Gasteiger partial charge is 0.419 e. The largest absolute Gasteiger partial charge is 0.493 e. The molecule has 1 aromatic carbocycles. The van der Waals surface area contributed by atoms with Gasteiger partial charge in [-0.1, -0.05) is 12.1 Å². The first-order valence-corrected chi connectivity index (χ1v) is 6.85. The number of rotatable bonds is 1. The Morgan fingerprint density at radius 1 is 1.20 bits per heavy atom. The number of halogens is 3. The summed E-state index contributed by atoms with van der Waals surface area (Å²) in [6.45, 7) is 3.83. The normalized spacial score (nSPS) is 24.1. The second kappa shape index (κ2) is 5.26. The number of nitrogens with one attached hydrogen (secondary N) is 1. The average molecular weight is 286 g/mol. The molecule has 0 saturated carbocycles. The highest BCUT2D eigenvalue weighted by Crippen LogP contribution is 2.44. The predicted octanol–water partition coefficient (Wildman–Crippen LogP) is 2.43. The van der Waals surface area contributed by atoms with Gasteiger partial charge in [-0.3, -0.25) is 4.90 Å². The Labute approximate surface area is 115 Å².